The predicted octanol–water partition coefficient (Wildman–Crippen LogP) is -0.216. The number of aliphatic hydroxyl groups excluding tert-OH is 5. The zero-order chi connectivity index (χ0) is 34.2. The summed E-state index contributed by atoms with van der Waals surface area (Å²) in [5, 5.41) is 63.6. The van der Waals surface area contributed by atoms with E-state index in [0.29, 0.717) is 11.3 Å². The zero-order valence-electron chi connectivity index (χ0n) is 25.7. The lowest BCUT2D eigenvalue weighted by Crippen LogP contribution is -2.62. The predicted molar refractivity (Wildman–Crippen MR) is 158 cm³/mol. The van der Waals surface area contributed by atoms with Gasteiger partial charge in [-0.15, -0.1) is 0 Å². The number of carbonyl (C=O) groups is 1. The highest BCUT2D eigenvalue weighted by molar-refractivity contribution is 5.89. The van der Waals surface area contributed by atoms with Gasteiger partial charge in [0.1, 0.15) is 59.1 Å². The molecule has 5 rings (SSSR count). The number of methoxy groups -OCH3 is 2. The van der Waals surface area contributed by atoms with E-state index in [1.165, 1.54) is 33.3 Å². The van der Waals surface area contributed by atoms with Crippen LogP contribution in [0.25, 0.3) is 22.3 Å². The average Bonchev–Trinajstić information content (AvgIpc) is 3.04. The molecule has 16 nitrogen and oxygen atoms in total. The molecule has 0 spiro atoms. The summed E-state index contributed by atoms with van der Waals surface area (Å²) >= 11 is 0. The molecule has 2 aliphatic rings. The van der Waals surface area contributed by atoms with E-state index in [4.69, 9.17) is 37.6 Å². The third-order valence-electron chi connectivity index (χ3n) is 7.91. The summed E-state index contributed by atoms with van der Waals surface area (Å²) < 4.78 is 44.0. The quantitative estimate of drug-likeness (QED) is 0.162. The Morgan fingerprint density at radius 3 is 2.19 bits per heavy atom. The number of phenols is 1. The van der Waals surface area contributed by atoms with Crippen molar-refractivity contribution < 1.29 is 73.0 Å². The van der Waals surface area contributed by atoms with Gasteiger partial charge in [-0.3, -0.25) is 9.59 Å². The number of esters is 1. The fourth-order valence-electron chi connectivity index (χ4n) is 5.41. The Labute approximate surface area is 267 Å². The van der Waals surface area contributed by atoms with Gasteiger partial charge in [0.15, 0.2) is 29.3 Å². The van der Waals surface area contributed by atoms with Crippen molar-refractivity contribution in [3.05, 3.63) is 46.6 Å². The van der Waals surface area contributed by atoms with Crippen LogP contribution in [0.5, 0.6) is 23.0 Å². The maximum absolute atomic E-state index is 13.0. The van der Waals surface area contributed by atoms with Crippen molar-refractivity contribution >= 4 is 16.9 Å². The summed E-state index contributed by atoms with van der Waals surface area (Å²) in [6.45, 7) is 2.09. The Hall–Kier alpha value is -4.00. The highest BCUT2D eigenvalue weighted by Crippen LogP contribution is 2.43. The Balaban J connectivity index is 1.37. The Morgan fingerprint density at radius 1 is 0.872 bits per heavy atom. The van der Waals surface area contributed by atoms with Crippen LogP contribution in [-0.2, 0) is 23.7 Å². The maximum Gasteiger partial charge on any atom is 0.303 e. The van der Waals surface area contributed by atoms with Crippen molar-refractivity contribution in [1.82, 2.24) is 0 Å². The Bertz CT molecular complexity index is 1620. The number of hydrogen-bond donors (Lipinski definition) is 6. The largest absolute Gasteiger partial charge is 0.504 e. The molecule has 0 aliphatic carbocycles. The molecule has 0 unspecified atom stereocenters. The molecule has 10 atom stereocenters. The van der Waals surface area contributed by atoms with Gasteiger partial charge in [0.25, 0.3) is 0 Å². The summed E-state index contributed by atoms with van der Waals surface area (Å²) in [5.74, 6) is -1.13. The SMILES string of the molecule is COc1ccc(-c2cc(=O)c3c(O)c(OC)c(O[C@@H]4O[C@H](CO[C@@H]5O[C@@H](C)[C@H](OC(C)=O)[C@@H](O)[C@H]5O)[C@@H](O)[C@H](O)[C@H]4O)cc3o2)cc1. The molecule has 0 bridgehead atoms. The number of fused-ring (bicyclic) bond motifs is 1. The lowest BCUT2D eigenvalue weighted by atomic mass is 9.98. The van der Waals surface area contributed by atoms with E-state index in [2.05, 4.69) is 0 Å². The fraction of sp³-hybridized carbons (Fsp3) is 0.484. The lowest BCUT2D eigenvalue weighted by Gasteiger charge is -2.43. The van der Waals surface area contributed by atoms with Crippen LogP contribution in [0.4, 0.5) is 0 Å². The van der Waals surface area contributed by atoms with Crippen LogP contribution in [0.3, 0.4) is 0 Å². The molecular weight excluding hydrogens is 628 g/mol. The number of aromatic hydroxyl groups is 1. The molecule has 16 heteroatoms. The Kier molecular flexibility index (Phi) is 10.2. The third kappa shape index (κ3) is 6.86. The molecule has 3 heterocycles. The van der Waals surface area contributed by atoms with Gasteiger partial charge in [-0.1, -0.05) is 0 Å². The van der Waals surface area contributed by atoms with Gasteiger partial charge in [-0.25, -0.2) is 0 Å². The number of phenolic OH excluding ortho intramolecular Hbond substituents is 1. The summed E-state index contributed by atoms with van der Waals surface area (Å²) in [5.41, 5.74) is -0.162. The number of hydrogen-bond acceptors (Lipinski definition) is 16. The molecule has 6 N–H and O–H groups in total. The number of carbonyl (C=O) groups excluding carboxylic acids is 1. The lowest BCUT2D eigenvalue weighted by molar-refractivity contribution is -0.319. The number of ether oxygens (including phenoxy) is 7. The van der Waals surface area contributed by atoms with Crippen molar-refractivity contribution in [2.45, 2.75) is 75.3 Å². The molecule has 3 aromatic rings. The number of rotatable bonds is 9. The summed E-state index contributed by atoms with van der Waals surface area (Å²) in [7, 11) is 2.71. The standard InChI is InChI=1S/C31H36O16/c1-12-28(44-13(2)32)25(37)27(39)30(43-12)42-11-20-22(34)24(36)26(38)31(47-20)46-19-10-18-21(23(35)29(19)41-4)16(33)9-17(45-18)14-5-7-15(40-3)8-6-14/h5-10,12,20,22,24-28,30-31,34-39H,11H2,1-4H3/t12-,20+,22+,24-,25-,26+,27+,28-,30+,31+/m0/s1. The second kappa shape index (κ2) is 14.0. The van der Waals surface area contributed by atoms with E-state index in [-0.39, 0.29) is 28.2 Å². The summed E-state index contributed by atoms with van der Waals surface area (Å²) in [6, 6.07) is 9.11. The first-order valence-electron chi connectivity index (χ1n) is 14.5. The van der Waals surface area contributed by atoms with Gasteiger partial charge in [0.05, 0.1) is 26.9 Å². The normalized spacial score (nSPS) is 30.9. The van der Waals surface area contributed by atoms with Crippen LogP contribution in [0.2, 0.25) is 0 Å². The van der Waals surface area contributed by atoms with E-state index >= 15 is 0 Å². The monoisotopic (exact) mass is 664 g/mol. The van der Waals surface area contributed by atoms with E-state index in [1.807, 2.05) is 0 Å². The second-order valence-electron chi connectivity index (χ2n) is 11.1. The first-order valence-corrected chi connectivity index (χ1v) is 14.5. The number of aliphatic hydroxyl groups is 5. The van der Waals surface area contributed by atoms with Gasteiger partial charge in [-0.05, 0) is 31.2 Å². The minimum atomic E-state index is -1.83. The molecule has 2 saturated heterocycles. The highest BCUT2D eigenvalue weighted by Gasteiger charge is 2.48. The molecule has 0 amide bonds. The number of benzene rings is 2. The van der Waals surface area contributed by atoms with E-state index in [1.54, 1.807) is 24.3 Å². The topological polar surface area (TPSA) is 233 Å². The van der Waals surface area contributed by atoms with Gasteiger partial charge in [0, 0.05) is 24.6 Å². The highest BCUT2D eigenvalue weighted by atomic mass is 16.7. The van der Waals surface area contributed by atoms with Crippen LogP contribution < -0.4 is 19.6 Å². The molecule has 2 aromatic carbocycles. The van der Waals surface area contributed by atoms with E-state index in [9.17, 15) is 40.2 Å². The van der Waals surface area contributed by atoms with Crippen LogP contribution in [0, 0.1) is 0 Å². The minimum absolute atomic E-state index is 0.106. The fourth-order valence-corrected chi connectivity index (χ4v) is 5.41. The zero-order valence-corrected chi connectivity index (χ0v) is 25.7. The molecule has 1 aromatic heterocycles. The van der Waals surface area contributed by atoms with Crippen LogP contribution in [0.15, 0.2) is 45.6 Å². The van der Waals surface area contributed by atoms with Crippen LogP contribution in [0.1, 0.15) is 13.8 Å². The maximum atomic E-state index is 13.0. The van der Waals surface area contributed by atoms with Crippen molar-refractivity contribution in [1.29, 1.82) is 0 Å². The molecule has 47 heavy (non-hydrogen) atoms. The molecule has 256 valence electrons. The third-order valence-corrected chi connectivity index (χ3v) is 7.91. The van der Waals surface area contributed by atoms with Crippen molar-refractivity contribution in [2.24, 2.45) is 0 Å². The average molecular weight is 665 g/mol. The Morgan fingerprint density at radius 2 is 1.55 bits per heavy atom. The first-order chi connectivity index (χ1) is 22.3. The van der Waals surface area contributed by atoms with Gasteiger partial charge >= 0.3 is 5.97 Å². The molecule has 2 aliphatic heterocycles. The second-order valence-corrected chi connectivity index (χ2v) is 11.1. The van der Waals surface area contributed by atoms with Gasteiger partial charge in [-0.2, -0.15) is 0 Å². The molecular formula is C31H36O16. The van der Waals surface area contributed by atoms with Gasteiger partial charge < -0.3 is 68.2 Å². The molecule has 0 saturated carbocycles. The summed E-state index contributed by atoms with van der Waals surface area (Å²) in [6.07, 6.45) is -15.2. The van der Waals surface area contributed by atoms with E-state index in [0.717, 1.165) is 6.92 Å². The van der Waals surface area contributed by atoms with Crippen LogP contribution in [-0.4, -0.2) is 119 Å². The van der Waals surface area contributed by atoms with Crippen molar-refractivity contribution in [3.8, 4) is 34.3 Å². The van der Waals surface area contributed by atoms with Crippen molar-refractivity contribution in [2.75, 3.05) is 20.8 Å². The minimum Gasteiger partial charge on any atom is -0.504 e. The molecule has 2 fully saturated rings. The first kappa shape index (κ1) is 34.3. The van der Waals surface area contributed by atoms with Gasteiger partial charge in [0.2, 0.25) is 12.0 Å². The van der Waals surface area contributed by atoms with Crippen LogP contribution >= 0.6 is 0 Å². The molecule has 0 radical (unpaired) electrons. The summed E-state index contributed by atoms with van der Waals surface area (Å²) in [4.78, 5) is 24.4. The smallest absolute Gasteiger partial charge is 0.303 e. The van der Waals surface area contributed by atoms with Crippen molar-refractivity contribution in [3.63, 3.8) is 0 Å². The van der Waals surface area contributed by atoms with E-state index < -0.39 is 85.2 Å².